The monoisotopic (exact) mass is 345 g/mol. The van der Waals surface area contributed by atoms with Crippen molar-refractivity contribution in [2.75, 3.05) is 5.73 Å². The molecule has 1 aliphatic rings. The van der Waals surface area contributed by atoms with E-state index in [4.69, 9.17) is 5.73 Å². The highest BCUT2D eigenvalue weighted by Gasteiger charge is 2.21. The van der Waals surface area contributed by atoms with Crippen LogP contribution in [-0.4, -0.2) is 4.57 Å². The molecule has 0 saturated heterocycles. The fraction of sp³-hybridized carbons (Fsp3) is 0.227. The minimum atomic E-state index is -0.0172. The molecule has 1 aromatic heterocycles. The fourth-order valence-corrected chi connectivity index (χ4v) is 3.83. The number of nitrogens with zero attached hydrogens (tertiary/aromatic N) is 2. The number of fused-ring (bicyclic) bond motifs is 1. The molecule has 4 rings (SSSR count). The second-order valence-electron chi connectivity index (χ2n) is 6.89. The molecule has 26 heavy (non-hydrogen) atoms. The number of nitriles is 1. The topological polar surface area (TPSA) is 54.7 Å². The van der Waals surface area contributed by atoms with E-state index in [0.29, 0.717) is 18.4 Å². The maximum Gasteiger partial charge on any atom is 0.0991 e. The van der Waals surface area contributed by atoms with E-state index in [2.05, 4.69) is 22.9 Å². The number of aromatic nitrogens is 1. The Hall–Kier alpha value is -3.06. The molecule has 2 N–H and O–H groups in total. The van der Waals surface area contributed by atoms with Gasteiger partial charge in [-0.1, -0.05) is 18.2 Å². The van der Waals surface area contributed by atoms with Crippen molar-refractivity contribution < 1.29 is 4.39 Å². The Morgan fingerprint density at radius 3 is 2.81 bits per heavy atom. The lowest BCUT2D eigenvalue weighted by Crippen LogP contribution is -2.10. The number of nitrogen functional groups attached to an aromatic ring is 1. The van der Waals surface area contributed by atoms with Crippen LogP contribution < -0.4 is 5.73 Å². The Labute approximate surface area is 152 Å². The number of nitrogens with two attached hydrogens (primary N) is 1. The Kier molecular flexibility index (Phi) is 4.00. The minimum absolute atomic E-state index is 0.0172. The van der Waals surface area contributed by atoms with E-state index in [1.54, 1.807) is 6.08 Å². The van der Waals surface area contributed by atoms with Crippen molar-refractivity contribution in [2.24, 2.45) is 0 Å². The Bertz CT molecular complexity index is 1070. The zero-order valence-electron chi connectivity index (χ0n) is 14.7. The van der Waals surface area contributed by atoms with E-state index in [9.17, 15) is 9.65 Å². The Morgan fingerprint density at radius 2 is 2.08 bits per heavy atom. The van der Waals surface area contributed by atoms with Gasteiger partial charge in [-0.15, -0.1) is 0 Å². The van der Waals surface area contributed by atoms with Crippen molar-refractivity contribution in [3.8, 4) is 17.2 Å². The average molecular weight is 345 g/mol. The van der Waals surface area contributed by atoms with E-state index in [0.717, 1.165) is 39.7 Å². The summed E-state index contributed by atoms with van der Waals surface area (Å²) in [7, 11) is 0. The van der Waals surface area contributed by atoms with E-state index in [1.165, 1.54) is 0 Å². The fourth-order valence-electron chi connectivity index (χ4n) is 3.83. The van der Waals surface area contributed by atoms with Crippen LogP contribution >= 0.6 is 0 Å². The van der Waals surface area contributed by atoms with Gasteiger partial charge in [0.25, 0.3) is 0 Å². The Balaban J connectivity index is 1.95. The van der Waals surface area contributed by atoms with Crippen molar-refractivity contribution in [3.63, 3.8) is 0 Å². The van der Waals surface area contributed by atoms with Crippen molar-refractivity contribution in [1.29, 1.82) is 5.26 Å². The van der Waals surface area contributed by atoms with Gasteiger partial charge < -0.3 is 10.3 Å². The number of halogens is 1. The van der Waals surface area contributed by atoms with Gasteiger partial charge in [-0.2, -0.15) is 5.26 Å². The summed E-state index contributed by atoms with van der Waals surface area (Å²) in [6, 6.07) is 14.1. The SMILES string of the molecule is Cc1c(N)cccc1-c1cn(C2CC=C(F)CC2)c2ccc(C#N)cc12. The molecule has 1 aliphatic carbocycles. The molecule has 130 valence electrons. The van der Waals surface area contributed by atoms with E-state index in [-0.39, 0.29) is 11.9 Å². The summed E-state index contributed by atoms with van der Waals surface area (Å²) in [6.07, 6.45) is 5.77. The van der Waals surface area contributed by atoms with Gasteiger partial charge in [-0.05, 0) is 55.2 Å². The predicted molar refractivity (Wildman–Crippen MR) is 103 cm³/mol. The summed E-state index contributed by atoms with van der Waals surface area (Å²) in [5.74, 6) is -0.0172. The molecule has 0 radical (unpaired) electrons. The minimum Gasteiger partial charge on any atom is -0.398 e. The highest BCUT2D eigenvalue weighted by molar-refractivity contribution is 5.98. The maximum absolute atomic E-state index is 13.5. The summed E-state index contributed by atoms with van der Waals surface area (Å²) >= 11 is 0. The van der Waals surface area contributed by atoms with Crippen LogP contribution in [0, 0.1) is 18.3 Å². The van der Waals surface area contributed by atoms with Gasteiger partial charge in [0.1, 0.15) is 0 Å². The van der Waals surface area contributed by atoms with E-state index >= 15 is 0 Å². The molecule has 3 nitrogen and oxygen atoms in total. The predicted octanol–water partition coefficient (Wildman–Crippen LogP) is 5.65. The molecule has 1 atom stereocenters. The molecule has 3 aromatic rings. The number of benzene rings is 2. The normalized spacial score (nSPS) is 17.1. The van der Waals surface area contributed by atoms with Crippen molar-refractivity contribution >= 4 is 16.6 Å². The highest BCUT2D eigenvalue weighted by Crippen LogP contribution is 2.39. The van der Waals surface area contributed by atoms with Gasteiger partial charge in [-0.25, -0.2) is 4.39 Å². The molecule has 0 amide bonds. The summed E-state index contributed by atoms with van der Waals surface area (Å²) in [5.41, 5.74) is 11.7. The molecule has 1 heterocycles. The van der Waals surface area contributed by atoms with E-state index in [1.807, 2.05) is 37.3 Å². The summed E-state index contributed by atoms with van der Waals surface area (Å²) in [4.78, 5) is 0. The molecule has 0 spiro atoms. The molecule has 1 unspecified atom stereocenters. The van der Waals surface area contributed by atoms with Gasteiger partial charge in [0.2, 0.25) is 0 Å². The van der Waals surface area contributed by atoms with Crippen LogP contribution in [0.2, 0.25) is 0 Å². The molecule has 0 aliphatic heterocycles. The quantitative estimate of drug-likeness (QED) is 0.610. The van der Waals surface area contributed by atoms with Crippen LogP contribution in [-0.2, 0) is 0 Å². The van der Waals surface area contributed by atoms with Gasteiger partial charge in [0.15, 0.2) is 0 Å². The standard InChI is InChI=1S/C22H20FN3/c1-14-18(3-2-4-21(14)25)20-13-26(17-8-6-16(23)7-9-17)22-10-5-15(12-24)11-19(20)22/h2-6,10-11,13,17H,7-9,25H2,1H3. The molecular weight excluding hydrogens is 325 g/mol. The third kappa shape index (κ3) is 2.66. The number of rotatable bonds is 2. The first-order valence-corrected chi connectivity index (χ1v) is 8.83. The first kappa shape index (κ1) is 16.4. The second kappa shape index (κ2) is 6.34. The van der Waals surface area contributed by atoms with Gasteiger partial charge >= 0.3 is 0 Å². The van der Waals surface area contributed by atoms with Gasteiger partial charge in [0.05, 0.1) is 17.5 Å². The van der Waals surface area contributed by atoms with Crippen molar-refractivity contribution in [2.45, 2.75) is 32.2 Å². The summed E-state index contributed by atoms with van der Waals surface area (Å²) in [5, 5.41) is 10.4. The molecule has 0 bridgehead atoms. The molecule has 0 saturated carbocycles. The van der Waals surface area contributed by atoms with Crippen molar-refractivity contribution in [1.82, 2.24) is 4.57 Å². The zero-order valence-corrected chi connectivity index (χ0v) is 14.7. The lowest BCUT2D eigenvalue weighted by Gasteiger charge is -2.21. The van der Waals surface area contributed by atoms with Crippen LogP contribution in [0.4, 0.5) is 10.1 Å². The number of anilines is 1. The largest absolute Gasteiger partial charge is 0.398 e. The number of hydrogen-bond donors (Lipinski definition) is 1. The number of hydrogen-bond acceptors (Lipinski definition) is 2. The average Bonchev–Trinajstić information content (AvgIpc) is 3.03. The summed E-state index contributed by atoms with van der Waals surface area (Å²) < 4.78 is 15.7. The van der Waals surface area contributed by atoms with E-state index < -0.39 is 0 Å². The van der Waals surface area contributed by atoms with Crippen LogP contribution in [0.1, 0.15) is 36.4 Å². The van der Waals surface area contributed by atoms with Gasteiger partial charge in [0, 0.05) is 40.8 Å². The first-order chi connectivity index (χ1) is 12.6. The second-order valence-corrected chi connectivity index (χ2v) is 6.89. The van der Waals surface area contributed by atoms with Crippen molar-refractivity contribution in [3.05, 3.63) is 65.6 Å². The highest BCUT2D eigenvalue weighted by atomic mass is 19.1. The third-order valence-electron chi connectivity index (χ3n) is 5.35. The lowest BCUT2D eigenvalue weighted by molar-refractivity contribution is 0.423. The van der Waals surface area contributed by atoms with Crippen LogP contribution in [0.15, 0.2) is 54.5 Å². The molecular formula is C22H20FN3. The van der Waals surface area contributed by atoms with Crippen LogP contribution in [0.25, 0.3) is 22.0 Å². The van der Waals surface area contributed by atoms with Gasteiger partial charge in [-0.3, -0.25) is 0 Å². The molecule has 0 fully saturated rings. The number of allylic oxidation sites excluding steroid dienone is 2. The maximum atomic E-state index is 13.5. The lowest BCUT2D eigenvalue weighted by atomic mass is 9.98. The van der Waals surface area contributed by atoms with Crippen LogP contribution in [0.5, 0.6) is 0 Å². The zero-order chi connectivity index (χ0) is 18.3. The molecule has 2 aromatic carbocycles. The Morgan fingerprint density at radius 1 is 1.23 bits per heavy atom. The summed E-state index contributed by atoms with van der Waals surface area (Å²) in [6.45, 7) is 2.01. The molecule has 4 heteroatoms. The smallest absolute Gasteiger partial charge is 0.0991 e. The third-order valence-corrected chi connectivity index (χ3v) is 5.35. The first-order valence-electron chi connectivity index (χ1n) is 8.83. The van der Waals surface area contributed by atoms with Crippen LogP contribution in [0.3, 0.4) is 0 Å².